The Kier molecular flexibility index (Phi) is 8.79. The quantitative estimate of drug-likeness (QED) is 0.275. The van der Waals surface area contributed by atoms with Crippen molar-refractivity contribution in [3.05, 3.63) is 87.7 Å². The second-order valence-electron chi connectivity index (χ2n) is 9.21. The molecule has 2 aromatic rings. The van der Waals surface area contributed by atoms with Gasteiger partial charge in [0.25, 0.3) is 0 Å². The van der Waals surface area contributed by atoms with Crippen molar-refractivity contribution in [3.8, 4) is 6.07 Å². The third-order valence-electron chi connectivity index (χ3n) is 6.05. The van der Waals surface area contributed by atoms with Gasteiger partial charge in [0.15, 0.2) is 0 Å². The van der Waals surface area contributed by atoms with Gasteiger partial charge in [-0.15, -0.1) is 11.6 Å². The van der Waals surface area contributed by atoms with Gasteiger partial charge < -0.3 is 14.7 Å². The first kappa shape index (κ1) is 26.1. The summed E-state index contributed by atoms with van der Waals surface area (Å²) < 4.78 is 0. The Labute approximate surface area is 213 Å². The summed E-state index contributed by atoms with van der Waals surface area (Å²) in [5.74, 6) is 1.01. The Morgan fingerprint density at radius 3 is 2.43 bits per heavy atom. The Morgan fingerprint density at radius 2 is 1.83 bits per heavy atom. The monoisotopic (exact) mass is 489 g/mol. The van der Waals surface area contributed by atoms with Crippen molar-refractivity contribution in [2.75, 3.05) is 24.5 Å². The van der Waals surface area contributed by atoms with Crippen LogP contribution >= 0.6 is 11.6 Å². The summed E-state index contributed by atoms with van der Waals surface area (Å²) in [5, 5.41) is 9.65. The molecule has 182 valence electrons. The topological polar surface area (TPSA) is 54.9 Å². The Balaban J connectivity index is 1.79. The number of halogens is 1. The van der Waals surface area contributed by atoms with E-state index in [0.717, 1.165) is 16.8 Å². The van der Waals surface area contributed by atoms with Crippen molar-refractivity contribution < 1.29 is 4.79 Å². The molecular weight excluding hydrogens is 458 g/mol. The average molecular weight is 490 g/mol. The van der Waals surface area contributed by atoms with Gasteiger partial charge in [-0.25, -0.2) is 10.1 Å². The number of allylic oxidation sites excluding steroid dienone is 1. The highest BCUT2D eigenvalue weighted by Gasteiger charge is 2.30. The van der Waals surface area contributed by atoms with Gasteiger partial charge in [0.2, 0.25) is 5.91 Å². The van der Waals surface area contributed by atoms with Crippen LogP contribution in [0, 0.1) is 31.8 Å². The molecular formula is C28H32ClN5O. The zero-order valence-electron chi connectivity index (χ0n) is 20.9. The van der Waals surface area contributed by atoms with Crippen molar-refractivity contribution in [2.45, 2.75) is 52.6 Å². The summed E-state index contributed by atoms with van der Waals surface area (Å²) >= 11 is 6.00. The number of rotatable bonds is 8. The van der Waals surface area contributed by atoms with E-state index in [0.29, 0.717) is 37.9 Å². The minimum atomic E-state index is -0.0133. The zero-order valence-corrected chi connectivity index (χ0v) is 21.6. The van der Waals surface area contributed by atoms with Crippen LogP contribution in [0.15, 0.2) is 54.0 Å². The standard InChI is InChI=1S/C28H32ClN5O/c1-20(2)34(25-8-6-7-23(16-25)17-29)27(35)9-10-32-11-12-33(28(32)26(18-30)31-5)19-24-14-21(3)13-22(4)15-24/h6-8,13-16,20H,9-12,17,19H2,1-4H3. The fourth-order valence-corrected chi connectivity index (χ4v) is 4.87. The first-order chi connectivity index (χ1) is 16.8. The van der Waals surface area contributed by atoms with Gasteiger partial charge in [0.1, 0.15) is 5.82 Å². The molecule has 1 amide bonds. The fraction of sp³-hybridized carbons (Fsp3) is 0.393. The molecule has 0 radical (unpaired) electrons. The van der Waals surface area contributed by atoms with Gasteiger partial charge in [-0.05, 0) is 51.0 Å². The zero-order chi connectivity index (χ0) is 25.5. The predicted molar refractivity (Wildman–Crippen MR) is 140 cm³/mol. The van der Waals surface area contributed by atoms with E-state index < -0.39 is 0 Å². The molecule has 0 unspecified atom stereocenters. The van der Waals surface area contributed by atoms with Crippen LogP contribution in [-0.4, -0.2) is 41.4 Å². The van der Waals surface area contributed by atoms with E-state index in [1.54, 1.807) is 4.90 Å². The third kappa shape index (κ3) is 6.35. The summed E-state index contributed by atoms with van der Waals surface area (Å²) in [6.07, 6.45) is 0.279. The van der Waals surface area contributed by atoms with Crippen LogP contribution < -0.4 is 4.90 Å². The third-order valence-corrected chi connectivity index (χ3v) is 6.36. The lowest BCUT2D eigenvalue weighted by atomic mass is 10.1. The van der Waals surface area contributed by atoms with E-state index in [9.17, 15) is 10.1 Å². The maximum atomic E-state index is 13.3. The van der Waals surface area contributed by atoms with Gasteiger partial charge in [-0.2, -0.15) is 0 Å². The number of carbonyl (C=O) groups is 1. The van der Waals surface area contributed by atoms with E-state index in [-0.39, 0.29) is 24.1 Å². The molecule has 6 nitrogen and oxygen atoms in total. The maximum absolute atomic E-state index is 13.3. The van der Waals surface area contributed by atoms with Gasteiger partial charge in [0, 0.05) is 50.2 Å². The van der Waals surface area contributed by atoms with E-state index in [1.807, 2.05) is 43.0 Å². The molecule has 0 spiro atoms. The second-order valence-corrected chi connectivity index (χ2v) is 9.48. The lowest BCUT2D eigenvalue weighted by molar-refractivity contribution is -0.119. The van der Waals surface area contributed by atoms with Crippen molar-refractivity contribution in [1.82, 2.24) is 9.80 Å². The molecule has 0 aliphatic carbocycles. The summed E-state index contributed by atoms with van der Waals surface area (Å²) in [5.41, 5.74) is 5.37. The number of anilines is 1. The molecule has 1 fully saturated rings. The number of benzene rings is 2. The number of nitriles is 1. The molecule has 1 aliphatic rings. The number of carbonyl (C=O) groups excluding carboxylic acids is 1. The molecule has 1 heterocycles. The highest BCUT2D eigenvalue weighted by Crippen LogP contribution is 2.27. The van der Waals surface area contributed by atoms with Crippen LogP contribution in [0.4, 0.5) is 5.69 Å². The summed E-state index contributed by atoms with van der Waals surface area (Å²) in [6, 6.07) is 16.2. The van der Waals surface area contributed by atoms with Gasteiger partial charge >= 0.3 is 5.70 Å². The highest BCUT2D eigenvalue weighted by atomic mass is 35.5. The normalized spacial score (nSPS) is 14.6. The molecule has 35 heavy (non-hydrogen) atoms. The minimum absolute atomic E-state index is 0.000140. The largest absolute Gasteiger partial charge is 0.364 e. The molecule has 1 aliphatic heterocycles. The number of aryl methyl sites for hydroxylation is 2. The Bertz CT molecular complexity index is 1150. The predicted octanol–water partition coefficient (Wildman–Crippen LogP) is 5.60. The van der Waals surface area contributed by atoms with Gasteiger partial charge in [0.05, 0.1) is 12.6 Å². The van der Waals surface area contributed by atoms with Crippen LogP contribution in [0.2, 0.25) is 0 Å². The molecule has 0 atom stereocenters. The lowest BCUT2D eigenvalue weighted by Gasteiger charge is -2.29. The van der Waals surface area contributed by atoms with E-state index in [4.69, 9.17) is 18.2 Å². The number of hydrogen-bond acceptors (Lipinski definition) is 4. The van der Waals surface area contributed by atoms with Crippen LogP contribution in [-0.2, 0) is 17.2 Å². The summed E-state index contributed by atoms with van der Waals surface area (Å²) in [6.45, 7) is 18.1. The lowest BCUT2D eigenvalue weighted by Crippen LogP contribution is -2.39. The number of alkyl halides is 1. The van der Waals surface area contributed by atoms with Crippen LogP contribution in [0.3, 0.4) is 0 Å². The van der Waals surface area contributed by atoms with E-state index >= 15 is 0 Å². The van der Waals surface area contributed by atoms with Gasteiger partial charge in [-0.3, -0.25) is 4.79 Å². The average Bonchev–Trinajstić information content (AvgIpc) is 3.20. The molecule has 7 heteroatoms. The van der Waals surface area contributed by atoms with Crippen LogP contribution in [0.25, 0.3) is 4.85 Å². The van der Waals surface area contributed by atoms with E-state index in [2.05, 4.69) is 47.9 Å². The summed E-state index contributed by atoms with van der Waals surface area (Å²) in [7, 11) is 0. The fourth-order valence-electron chi connectivity index (χ4n) is 4.70. The molecule has 3 rings (SSSR count). The SMILES string of the molecule is [C-]#[N+]C(C#N)=C1N(CCC(=O)N(c2cccc(CCl)c2)C(C)C)CCN1Cc1cc(C)cc(C)c1. The van der Waals surface area contributed by atoms with Crippen LogP contribution in [0.1, 0.15) is 42.5 Å². The van der Waals surface area contributed by atoms with Gasteiger partial charge in [-0.1, -0.05) is 41.5 Å². The first-order valence-electron chi connectivity index (χ1n) is 11.8. The van der Waals surface area contributed by atoms with Crippen molar-refractivity contribution in [1.29, 1.82) is 5.26 Å². The molecule has 1 saturated heterocycles. The van der Waals surface area contributed by atoms with Crippen LogP contribution in [0.5, 0.6) is 0 Å². The second kappa shape index (κ2) is 11.8. The number of hydrogen-bond donors (Lipinski definition) is 0. The molecule has 0 saturated carbocycles. The highest BCUT2D eigenvalue weighted by molar-refractivity contribution is 6.17. The molecule has 0 N–H and O–H groups in total. The minimum Gasteiger partial charge on any atom is -0.364 e. The Hall–Kier alpha value is -3.48. The maximum Gasteiger partial charge on any atom is 0.300 e. The first-order valence-corrected chi connectivity index (χ1v) is 12.4. The summed E-state index contributed by atoms with van der Waals surface area (Å²) in [4.78, 5) is 22.7. The number of amides is 1. The molecule has 0 bridgehead atoms. The molecule has 0 aromatic heterocycles. The Morgan fingerprint density at radius 1 is 1.14 bits per heavy atom. The van der Waals surface area contributed by atoms with E-state index in [1.165, 1.54) is 11.1 Å². The van der Waals surface area contributed by atoms with Crippen molar-refractivity contribution >= 4 is 23.2 Å². The van der Waals surface area contributed by atoms with Crippen molar-refractivity contribution in [2.24, 2.45) is 0 Å². The number of nitrogens with zero attached hydrogens (tertiary/aromatic N) is 5. The smallest absolute Gasteiger partial charge is 0.300 e. The molecule has 2 aromatic carbocycles. The van der Waals surface area contributed by atoms with Crippen molar-refractivity contribution in [3.63, 3.8) is 0 Å².